The van der Waals surface area contributed by atoms with Gasteiger partial charge in [0.1, 0.15) is 0 Å². The zero-order valence-electron chi connectivity index (χ0n) is 17.2. The Morgan fingerprint density at radius 3 is 1.38 bits per heavy atom. The normalized spacial score (nSPS) is 13.7. The fourth-order valence-electron chi connectivity index (χ4n) is 1.91. The average Bonchev–Trinajstić information content (AvgIpc) is 2.62. The monoisotopic (exact) mass is 376 g/mol. The van der Waals surface area contributed by atoms with Crippen LogP contribution < -0.4 is 0 Å². The minimum atomic E-state index is -0.602. The molecule has 8 nitrogen and oxygen atoms in total. The highest BCUT2D eigenvalue weighted by atomic mass is 16.7. The predicted octanol–water partition coefficient (Wildman–Crippen LogP) is 2.18. The third-order valence-corrected chi connectivity index (χ3v) is 3.76. The van der Waals surface area contributed by atoms with E-state index < -0.39 is 12.2 Å². The summed E-state index contributed by atoms with van der Waals surface area (Å²) in [5.41, 5.74) is 0. The van der Waals surface area contributed by atoms with E-state index in [4.69, 9.17) is 19.1 Å². The molecule has 0 radical (unpaired) electrons. The van der Waals surface area contributed by atoms with Gasteiger partial charge in [0.25, 0.3) is 0 Å². The van der Waals surface area contributed by atoms with Crippen LogP contribution in [0, 0.1) is 0 Å². The van der Waals surface area contributed by atoms with E-state index in [2.05, 4.69) is 0 Å². The summed E-state index contributed by atoms with van der Waals surface area (Å²) >= 11 is 0. The molecule has 0 aliphatic carbocycles. The molecule has 0 heterocycles. The third-order valence-electron chi connectivity index (χ3n) is 3.76. The first-order valence-electron chi connectivity index (χ1n) is 9.40. The highest BCUT2D eigenvalue weighted by Crippen LogP contribution is 2.04. The van der Waals surface area contributed by atoms with E-state index in [9.17, 15) is 9.59 Å². The van der Waals surface area contributed by atoms with E-state index in [0.29, 0.717) is 26.3 Å². The molecule has 154 valence electrons. The molecule has 0 saturated carbocycles. The molecular weight excluding hydrogens is 340 g/mol. The minimum absolute atomic E-state index is 0.356. The van der Waals surface area contributed by atoms with Crippen LogP contribution in [0.5, 0.6) is 0 Å². The fourth-order valence-corrected chi connectivity index (χ4v) is 1.91. The van der Waals surface area contributed by atoms with Crippen molar-refractivity contribution in [1.29, 1.82) is 0 Å². The van der Waals surface area contributed by atoms with Gasteiger partial charge in [-0.25, -0.2) is 9.59 Å². The first-order valence-corrected chi connectivity index (χ1v) is 9.40. The molecule has 0 aliphatic heterocycles. The molecule has 0 fully saturated rings. The Morgan fingerprint density at radius 2 is 1.08 bits per heavy atom. The standard InChI is InChI=1S/C18H36N2O6/c1-7-19(5)25-15(3)17(21)23-13-11-9-10-12-14-24-18(22)16(4)26-20(6)8-2/h15-16H,7-14H2,1-6H3. The molecule has 0 aromatic carbocycles. The number of hydrogen-bond donors (Lipinski definition) is 0. The lowest BCUT2D eigenvalue weighted by molar-refractivity contribution is -0.199. The second-order valence-corrected chi connectivity index (χ2v) is 6.13. The topological polar surface area (TPSA) is 77.5 Å². The lowest BCUT2D eigenvalue weighted by Crippen LogP contribution is -2.31. The molecule has 0 saturated heterocycles. The number of esters is 2. The Morgan fingerprint density at radius 1 is 0.731 bits per heavy atom. The number of hydrogen-bond acceptors (Lipinski definition) is 8. The molecule has 26 heavy (non-hydrogen) atoms. The van der Waals surface area contributed by atoms with Crippen molar-refractivity contribution in [1.82, 2.24) is 10.1 Å². The van der Waals surface area contributed by atoms with Crippen molar-refractivity contribution in [3.05, 3.63) is 0 Å². The maximum Gasteiger partial charge on any atom is 0.337 e. The van der Waals surface area contributed by atoms with Crippen molar-refractivity contribution in [3.8, 4) is 0 Å². The number of unbranched alkanes of at least 4 members (excludes halogenated alkanes) is 3. The Hall–Kier alpha value is -1.22. The largest absolute Gasteiger partial charge is 0.464 e. The smallest absolute Gasteiger partial charge is 0.337 e. The maximum atomic E-state index is 11.7. The molecule has 0 aromatic rings. The SMILES string of the molecule is CCN(C)OC(C)C(=O)OCCCCCCOC(=O)C(C)ON(C)CC. The van der Waals surface area contributed by atoms with Crippen molar-refractivity contribution >= 4 is 11.9 Å². The van der Waals surface area contributed by atoms with Crippen LogP contribution >= 0.6 is 0 Å². The zero-order chi connectivity index (χ0) is 19.9. The molecule has 0 aromatic heterocycles. The van der Waals surface area contributed by atoms with Crippen LogP contribution in [0.1, 0.15) is 53.4 Å². The number of carbonyl (C=O) groups is 2. The van der Waals surface area contributed by atoms with Gasteiger partial charge in [0.2, 0.25) is 0 Å². The van der Waals surface area contributed by atoms with Gasteiger partial charge in [-0.3, -0.25) is 9.68 Å². The Bertz CT molecular complexity index is 358. The Labute approximate surface area is 157 Å². The average molecular weight is 376 g/mol. The lowest BCUT2D eigenvalue weighted by atomic mass is 10.2. The summed E-state index contributed by atoms with van der Waals surface area (Å²) in [7, 11) is 3.54. The first kappa shape index (κ1) is 24.8. The predicted molar refractivity (Wildman–Crippen MR) is 98.1 cm³/mol. The first-order chi connectivity index (χ1) is 12.3. The van der Waals surface area contributed by atoms with Gasteiger partial charge >= 0.3 is 11.9 Å². The maximum absolute atomic E-state index is 11.7. The lowest BCUT2D eigenvalue weighted by Gasteiger charge is -2.19. The van der Waals surface area contributed by atoms with Crippen molar-refractivity contribution in [3.63, 3.8) is 0 Å². The fraction of sp³-hybridized carbons (Fsp3) is 0.889. The van der Waals surface area contributed by atoms with Crippen molar-refractivity contribution in [2.45, 2.75) is 65.6 Å². The van der Waals surface area contributed by atoms with Gasteiger partial charge in [0.15, 0.2) is 12.2 Å². The number of nitrogens with zero attached hydrogens (tertiary/aromatic N) is 2. The van der Waals surface area contributed by atoms with E-state index in [1.54, 1.807) is 38.1 Å². The van der Waals surface area contributed by atoms with Gasteiger partial charge in [0, 0.05) is 27.2 Å². The molecule has 8 heteroatoms. The van der Waals surface area contributed by atoms with Crippen molar-refractivity contribution in [2.75, 3.05) is 40.4 Å². The van der Waals surface area contributed by atoms with Crippen LogP contribution in [0.3, 0.4) is 0 Å². The summed E-state index contributed by atoms with van der Waals surface area (Å²) in [5.74, 6) is -0.712. The van der Waals surface area contributed by atoms with E-state index in [0.717, 1.165) is 25.7 Å². The van der Waals surface area contributed by atoms with E-state index in [-0.39, 0.29) is 11.9 Å². The van der Waals surface area contributed by atoms with Crippen LogP contribution in [0.15, 0.2) is 0 Å². The van der Waals surface area contributed by atoms with E-state index in [1.165, 1.54) is 0 Å². The van der Waals surface area contributed by atoms with Crippen molar-refractivity contribution in [2.24, 2.45) is 0 Å². The van der Waals surface area contributed by atoms with E-state index >= 15 is 0 Å². The summed E-state index contributed by atoms with van der Waals surface area (Å²) in [6, 6.07) is 0. The molecule has 2 atom stereocenters. The molecule has 0 spiro atoms. The summed E-state index contributed by atoms with van der Waals surface area (Å²) in [6.45, 7) is 9.36. The number of carbonyl (C=O) groups excluding carboxylic acids is 2. The summed E-state index contributed by atoms with van der Waals surface area (Å²) in [5, 5.41) is 3.19. The third kappa shape index (κ3) is 12.2. The molecule has 0 N–H and O–H groups in total. The summed E-state index contributed by atoms with van der Waals surface area (Å²) in [4.78, 5) is 34.1. The second kappa shape index (κ2) is 14.9. The van der Waals surface area contributed by atoms with Crippen LogP contribution in [-0.2, 0) is 28.7 Å². The van der Waals surface area contributed by atoms with Crippen molar-refractivity contribution < 1.29 is 28.7 Å². The molecular formula is C18H36N2O6. The molecule has 0 rings (SSSR count). The Balaban J connectivity index is 3.61. The van der Waals surface area contributed by atoms with Gasteiger partial charge < -0.3 is 9.47 Å². The van der Waals surface area contributed by atoms with E-state index in [1.807, 2.05) is 13.8 Å². The highest BCUT2D eigenvalue weighted by Gasteiger charge is 2.17. The molecule has 2 unspecified atom stereocenters. The quantitative estimate of drug-likeness (QED) is 0.244. The van der Waals surface area contributed by atoms with Crippen LogP contribution in [0.2, 0.25) is 0 Å². The second-order valence-electron chi connectivity index (χ2n) is 6.13. The van der Waals surface area contributed by atoms with Gasteiger partial charge in [-0.1, -0.05) is 13.8 Å². The molecule has 0 aliphatic rings. The van der Waals surface area contributed by atoms with Crippen LogP contribution in [0.25, 0.3) is 0 Å². The zero-order valence-corrected chi connectivity index (χ0v) is 17.2. The Kier molecular flexibility index (Phi) is 14.2. The number of rotatable bonds is 15. The summed E-state index contributed by atoms with van der Waals surface area (Å²) < 4.78 is 10.4. The molecule has 0 bridgehead atoms. The number of ether oxygens (including phenoxy) is 2. The summed E-state index contributed by atoms with van der Waals surface area (Å²) in [6.07, 6.45) is 2.15. The molecule has 0 amide bonds. The van der Waals surface area contributed by atoms with Crippen LogP contribution in [0.4, 0.5) is 0 Å². The van der Waals surface area contributed by atoms with Crippen LogP contribution in [-0.4, -0.2) is 74.7 Å². The van der Waals surface area contributed by atoms with Gasteiger partial charge in [-0.2, -0.15) is 10.1 Å². The number of hydroxylamine groups is 4. The van der Waals surface area contributed by atoms with Gasteiger partial charge in [-0.05, 0) is 39.5 Å². The minimum Gasteiger partial charge on any atom is -0.464 e. The van der Waals surface area contributed by atoms with Gasteiger partial charge in [0.05, 0.1) is 13.2 Å². The van der Waals surface area contributed by atoms with Gasteiger partial charge in [-0.15, -0.1) is 0 Å². The highest BCUT2D eigenvalue weighted by molar-refractivity contribution is 5.74.